The fourth-order valence-corrected chi connectivity index (χ4v) is 2.84. The van der Waals surface area contributed by atoms with Crippen LogP contribution in [0.1, 0.15) is 29.9 Å². The number of anilines is 2. The summed E-state index contributed by atoms with van der Waals surface area (Å²) in [6.45, 7) is 3.79. The highest BCUT2D eigenvalue weighted by atomic mass is 16.2. The van der Waals surface area contributed by atoms with Gasteiger partial charge in [0.2, 0.25) is 5.91 Å². The fourth-order valence-electron chi connectivity index (χ4n) is 2.84. The Morgan fingerprint density at radius 3 is 2.59 bits per heavy atom. The monoisotopic (exact) mass is 298 g/mol. The van der Waals surface area contributed by atoms with E-state index < -0.39 is 5.41 Å². The average Bonchev–Trinajstić information content (AvgIpc) is 2.97. The van der Waals surface area contributed by atoms with Crippen LogP contribution in [-0.4, -0.2) is 28.6 Å². The van der Waals surface area contributed by atoms with Crippen molar-refractivity contribution in [3.05, 3.63) is 41.7 Å². The van der Waals surface area contributed by atoms with Crippen LogP contribution in [0.15, 0.2) is 30.5 Å². The van der Waals surface area contributed by atoms with Crippen LogP contribution in [0.25, 0.3) is 0 Å². The molecule has 3 rings (SSSR count). The van der Waals surface area contributed by atoms with E-state index in [4.69, 9.17) is 0 Å². The molecule has 0 fully saturated rings. The van der Waals surface area contributed by atoms with E-state index in [1.807, 2.05) is 26.0 Å². The SMILES string of the molecule is CN1C(=O)C(C)(C)c2cc(NC(=O)c3ccnn3C)ccc21. The molecule has 0 atom stereocenters. The molecule has 1 N–H and O–H groups in total. The number of nitrogens with zero attached hydrogens (tertiary/aromatic N) is 3. The van der Waals surface area contributed by atoms with E-state index >= 15 is 0 Å². The number of hydrogen-bond acceptors (Lipinski definition) is 3. The second-order valence-corrected chi connectivity index (χ2v) is 6.02. The predicted molar refractivity (Wildman–Crippen MR) is 84.0 cm³/mol. The molecule has 0 unspecified atom stereocenters. The zero-order chi connectivity index (χ0) is 16.1. The number of hydrogen-bond donors (Lipinski definition) is 1. The first-order valence-corrected chi connectivity index (χ1v) is 7.04. The van der Waals surface area contributed by atoms with Crippen molar-refractivity contribution in [1.82, 2.24) is 9.78 Å². The van der Waals surface area contributed by atoms with Gasteiger partial charge in [0, 0.05) is 31.7 Å². The van der Waals surface area contributed by atoms with Gasteiger partial charge in [-0.1, -0.05) is 0 Å². The number of aromatic nitrogens is 2. The number of amides is 2. The Balaban J connectivity index is 1.93. The quantitative estimate of drug-likeness (QED) is 0.921. The van der Waals surface area contributed by atoms with Gasteiger partial charge >= 0.3 is 0 Å². The van der Waals surface area contributed by atoms with E-state index in [2.05, 4.69) is 10.4 Å². The van der Waals surface area contributed by atoms with Crippen LogP contribution in [0.2, 0.25) is 0 Å². The molecule has 1 aliphatic heterocycles. The van der Waals surface area contributed by atoms with Gasteiger partial charge in [-0.3, -0.25) is 14.3 Å². The van der Waals surface area contributed by atoms with Crippen molar-refractivity contribution in [3.8, 4) is 0 Å². The Morgan fingerprint density at radius 1 is 1.23 bits per heavy atom. The molecule has 6 nitrogen and oxygen atoms in total. The minimum Gasteiger partial charge on any atom is -0.321 e. The molecule has 2 amide bonds. The van der Waals surface area contributed by atoms with Crippen LogP contribution >= 0.6 is 0 Å². The molecule has 1 aliphatic rings. The number of nitrogens with one attached hydrogen (secondary N) is 1. The van der Waals surface area contributed by atoms with Gasteiger partial charge in [0.25, 0.3) is 5.91 Å². The molecular formula is C16H18N4O2. The second kappa shape index (κ2) is 4.69. The lowest BCUT2D eigenvalue weighted by Gasteiger charge is -2.16. The van der Waals surface area contributed by atoms with Gasteiger partial charge in [0.1, 0.15) is 5.69 Å². The van der Waals surface area contributed by atoms with Crippen LogP contribution in [0.5, 0.6) is 0 Å². The van der Waals surface area contributed by atoms with Crippen molar-refractivity contribution >= 4 is 23.2 Å². The lowest BCUT2D eigenvalue weighted by Crippen LogP contribution is -2.33. The molecule has 114 valence electrons. The number of benzene rings is 1. The molecule has 0 aliphatic carbocycles. The summed E-state index contributed by atoms with van der Waals surface area (Å²) in [4.78, 5) is 26.2. The van der Waals surface area contributed by atoms with E-state index in [1.54, 1.807) is 37.3 Å². The van der Waals surface area contributed by atoms with E-state index in [9.17, 15) is 9.59 Å². The van der Waals surface area contributed by atoms with Crippen molar-refractivity contribution < 1.29 is 9.59 Å². The van der Waals surface area contributed by atoms with Crippen molar-refractivity contribution in [2.75, 3.05) is 17.3 Å². The highest BCUT2D eigenvalue weighted by Crippen LogP contribution is 2.41. The first kappa shape index (κ1) is 14.3. The van der Waals surface area contributed by atoms with Crippen molar-refractivity contribution in [2.24, 2.45) is 7.05 Å². The van der Waals surface area contributed by atoms with E-state index in [-0.39, 0.29) is 11.8 Å². The zero-order valence-electron chi connectivity index (χ0n) is 13.0. The van der Waals surface area contributed by atoms with Gasteiger partial charge in [-0.05, 0) is 43.7 Å². The van der Waals surface area contributed by atoms with Gasteiger partial charge in [-0.15, -0.1) is 0 Å². The number of fused-ring (bicyclic) bond motifs is 1. The summed E-state index contributed by atoms with van der Waals surface area (Å²) in [7, 11) is 3.48. The maximum atomic E-state index is 12.3. The summed E-state index contributed by atoms with van der Waals surface area (Å²) in [5.41, 5.74) is 2.36. The van der Waals surface area contributed by atoms with E-state index in [1.165, 1.54) is 4.68 Å². The second-order valence-electron chi connectivity index (χ2n) is 6.02. The largest absolute Gasteiger partial charge is 0.321 e. The molecule has 1 aromatic heterocycles. The lowest BCUT2D eigenvalue weighted by molar-refractivity contribution is -0.121. The average molecular weight is 298 g/mol. The minimum absolute atomic E-state index is 0.0533. The molecule has 1 aromatic carbocycles. The molecule has 22 heavy (non-hydrogen) atoms. The summed E-state index contributed by atoms with van der Waals surface area (Å²) < 4.78 is 1.52. The van der Waals surface area contributed by atoms with Gasteiger partial charge in [-0.25, -0.2) is 0 Å². The third-order valence-corrected chi connectivity index (χ3v) is 4.18. The smallest absolute Gasteiger partial charge is 0.273 e. The van der Waals surface area contributed by atoms with Crippen LogP contribution in [-0.2, 0) is 17.3 Å². The number of likely N-dealkylation sites (N-methyl/N-ethyl adjacent to an activating group) is 1. The molecule has 2 heterocycles. The maximum absolute atomic E-state index is 12.3. The summed E-state index contributed by atoms with van der Waals surface area (Å²) in [6.07, 6.45) is 1.58. The van der Waals surface area contributed by atoms with Gasteiger partial charge in [-0.2, -0.15) is 5.10 Å². The Labute approximate surface area is 128 Å². The minimum atomic E-state index is -0.586. The molecule has 0 bridgehead atoms. The number of carbonyl (C=O) groups is 2. The summed E-state index contributed by atoms with van der Waals surface area (Å²) in [5, 5.41) is 6.84. The molecule has 0 spiro atoms. The number of rotatable bonds is 2. The van der Waals surface area contributed by atoms with Crippen LogP contribution < -0.4 is 10.2 Å². The van der Waals surface area contributed by atoms with Crippen LogP contribution in [0.4, 0.5) is 11.4 Å². The van der Waals surface area contributed by atoms with Crippen LogP contribution in [0.3, 0.4) is 0 Å². The molecule has 2 aromatic rings. The molecule has 0 radical (unpaired) electrons. The van der Waals surface area contributed by atoms with E-state index in [0.29, 0.717) is 11.4 Å². The molecular weight excluding hydrogens is 280 g/mol. The Bertz CT molecular complexity index is 776. The standard InChI is InChI=1S/C16H18N4O2/c1-16(2)11-9-10(5-6-12(11)19(3)15(16)22)18-14(21)13-7-8-17-20(13)4/h5-9H,1-4H3,(H,18,21). The van der Waals surface area contributed by atoms with Gasteiger partial charge < -0.3 is 10.2 Å². The Kier molecular flexibility index (Phi) is 3.05. The Hall–Kier alpha value is -2.63. The van der Waals surface area contributed by atoms with Gasteiger partial charge in [0.05, 0.1) is 5.41 Å². The summed E-state index contributed by atoms with van der Waals surface area (Å²) >= 11 is 0. The fraction of sp³-hybridized carbons (Fsp3) is 0.312. The number of carbonyl (C=O) groups excluding carboxylic acids is 2. The third kappa shape index (κ3) is 1.99. The lowest BCUT2D eigenvalue weighted by atomic mass is 9.86. The normalized spacial score (nSPS) is 15.8. The zero-order valence-corrected chi connectivity index (χ0v) is 13.0. The van der Waals surface area contributed by atoms with Crippen molar-refractivity contribution in [3.63, 3.8) is 0 Å². The topological polar surface area (TPSA) is 67.2 Å². The highest BCUT2D eigenvalue weighted by molar-refractivity contribution is 6.08. The van der Waals surface area contributed by atoms with Crippen molar-refractivity contribution in [1.29, 1.82) is 0 Å². The Morgan fingerprint density at radius 2 is 1.95 bits per heavy atom. The van der Waals surface area contributed by atoms with Crippen molar-refractivity contribution in [2.45, 2.75) is 19.3 Å². The summed E-state index contributed by atoms with van der Waals surface area (Å²) in [6, 6.07) is 7.19. The molecule has 6 heteroatoms. The summed E-state index contributed by atoms with van der Waals surface area (Å²) in [5.74, 6) is -0.173. The van der Waals surface area contributed by atoms with E-state index in [0.717, 1.165) is 11.3 Å². The van der Waals surface area contributed by atoms with Gasteiger partial charge in [0.15, 0.2) is 0 Å². The first-order chi connectivity index (χ1) is 10.3. The first-order valence-electron chi connectivity index (χ1n) is 7.04. The molecule has 0 saturated heterocycles. The predicted octanol–water partition coefficient (Wildman–Crippen LogP) is 1.93. The maximum Gasteiger partial charge on any atom is 0.273 e. The molecule has 0 saturated carbocycles. The highest BCUT2D eigenvalue weighted by Gasteiger charge is 2.42. The van der Waals surface area contributed by atoms with Crippen LogP contribution in [0, 0.1) is 0 Å². The number of aryl methyl sites for hydroxylation is 1. The third-order valence-electron chi connectivity index (χ3n) is 4.18.